The summed E-state index contributed by atoms with van der Waals surface area (Å²) in [6, 6.07) is 10.6. The molecule has 0 aliphatic carbocycles. The minimum atomic E-state index is -0.261. The van der Waals surface area contributed by atoms with E-state index in [1.54, 1.807) is 18.2 Å². The number of carbonyl (C=O) groups excluding carboxylic acids is 1. The molecule has 0 radical (unpaired) electrons. The average molecular weight is 403 g/mol. The maximum absolute atomic E-state index is 11.9. The van der Waals surface area contributed by atoms with E-state index in [0.717, 1.165) is 16.5 Å². The van der Waals surface area contributed by atoms with Crippen molar-refractivity contribution in [2.45, 2.75) is 13.3 Å². The molecule has 6 heteroatoms. The number of hydrogen-bond acceptors (Lipinski definition) is 2. The van der Waals surface area contributed by atoms with Crippen molar-refractivity contribution in [2.24, 2.45) is 0 Å². The maximum Gasteiger partial charge on any atom is 0.262 e. The molecule has 2 aromatic carbocycles. The SMILES string of the molecule is CCc1cc(Br)ccc1OCC(=O)Nc1ccc(Cl)c(Cl)c1. The van der Waals surface area contributed by atoms with E-state index < -0.39 is 0 Å². The minimum absolute atomic E-state index is 0.0745. The van der Waals surface area contributed by atoms with Crippen LogP contribution in [0.2, 0.25) is 10.0 Å². The third kappa shape index (κ3) is 4.63. The van der Waals surface area contributed by atoms with Gasteiger partial charge in [-0.25, -0.2) is 0 Å². The van der Waals surface area contributed by atoms with Crippen LogP contribution in [-0.2, 0) is 11.2 Å². The van der Waals surface area contributed by atoms with Crippen molar-refractivity contribution in [3.05, 3.63) is 56.5 Å². The number of rotatable bonds is 5. The molecule has 0 aromatic heterocycles. The van der Waals surface area contributed by atoms with Crippen LogP contribution in [0.25, 0.3) is 0 Å². The van der Waals surface area contributed by atoms with Crippen molar-refractivity contribution in [3.8, 4) is 5.75 Å². The van der Waals surface area contributed by atoms with Crippen LogP contribution >= 0.6 is 39.1 Å². The second-order valence-electron chi connectivity index (χ2n) is 4.57. The summed E-state index contributed by atoms with van der Waals surface area (Å²) in [5, 5.41) is 3.55. The smallest absolute Gasteiger partial charge is 0.262 e. The molecule has 2 aromatic rings. The topological polar surface area (TPSA) is 38.3 Å². The first-order valence-electron chi connectivity index (χ1n) is 6.65. The molecule has 0 atom stereocenters. The molecule has 2 rings (SSSR count). The number of hydrogen-bond donors (Lipinski definition) is 1. The van der Waals surface area contributed by atoms with Crippen molar-refractivity contribution in [1.82, 2.24) is 0 Å². The van der Waals surface area contributed by atoms with E-state index in [0.29, 0.717) is 21.5 Å². The highest BCUT2D eigenvalue weighted by Crippen LogP contribution is 2.25. The van der Waals surface area contributed by atoms with E-state index in [9.17, 15) is 4.79 Å². The average Bonchev–Trinajstić information content (AvgIpc) is 2.49. The maximum atomic E-state index is 11.9. The molecule has 0 heterocycles. The van der Waals surface area contributed by atoms with Crippen molar-refractivity contribution >= 4 is 50.7 Å². The van der Waals surface area contributed by atoms with Gasteiger partial charge in [-0.15, -0.1) is 0 Å². The fourth-order valence-corrected chi connectivity index (χ4v) is 2.59. The number of aryl methyl sites for hydroxylation is 1. The van der Waals surface area contributed by atoms with Gasteiger partial charge in [0.05, 0.1) is 10.0 Å². The lowest BCUT2D eigenvalue weighted by Crippen LogP contribution is -2.20. The molecule has 3 nitrogen and oxygen atoms in total. The quantitative estimate of drug-likeness (QED) is 0.733. The molecule has 0 fully saturated rings. The number of nitrogens with one attached hydrogen (secondary N) is 1. The fourth-order valence-electron chi connectivity index (χ4n) is 1.88. The van der Waals surface area contributed by atoms with Gasteiger partial charge in [-0.2, -0.15) is 0 Å². The first kappa shape index (κ1) is 17.1. The highest BCUT2D eigenvalue weighted by molar-refractivity contribution is 9.10. The van der Waals surface area contributed by atoms with Gasteiger partial charge >= 0.3 is 0 Å². The molecular weight excluding hydrogens is 389 g/mol. The van der Waals surface area contributed by atoms with Crippen LogP contribution in [0, 0.1) is 0 Å². The van der Waals surface area contributed by atoms with Gasteiger partial charge in [-0.3, -0.25) is 4.79 Å². The van der Waals surface area contributed by atoms with Crippen LogP contribution in [0.3, 0.4) is 0 Å². The zero-order valence-electron chi connectivity index (χ0n) is 11.8. The predicted octanol–water partition coefficient (Wildman–Crippen LogP) is 5.34. The molecule has 0 saturated carbocycles. The second kappa shape index (κ2) is 7.86. The molecule has 0 bridgehead atoms. The van der Waals surface area contributed by atoms with Crippen LogP contribution in [-0.4, -0.2) is 12.5 Å². The highest BCUT2D eigenvalue weighted by atomic mass is 79.9. The Morgan fingerprint density at radius 3 is 2.64 bits per heavy atom. The Morgan fingerprint density at radius 1 is 1.18 bits per heavy atom. The van der Waals surface area contributed by atoms with E-state index in [4.69, 9.17) is 27.9 Å². The lowest BCUT2D eigenvalue weighted by atomic mass is 10.1. The van der Waals surface area contributed by atoms with Crippen molar-refractivity contribution in [1.29, 1.82) is 0 Å². The zero-order chi connectivity index (χ0) is 16.1. The first-order valence-corrected chi connectivity index (χ1v) is 8.20. The molecule has 1 amide bonds. The van der Waals surface area contributed by atoms with E-state index in [2.05, 4.69) is 21.2 Å². The Bertz CT molecular complexity index is 692. The molecule has 0 aliphatic rings. The summed E-state index contributed by atoms with van der Waals surface area (Å²) in [5.74, 6) is 0.443. The molecule has 0 spiro atoms. The Labute approximate surface area is 147 Å². The van der Waals surface area contributed by atoms with Gasteiger partial charge in [-0.05, 0) is 48.4 Å². The number of benzene rings is 2. The van der Waals surface area contributed by atoms with Gasteiger partial charge in [0.1, 0.15) is 5.75 Å². The van der Waals surface area contributed by atoms with E-state index in [1.807, 2.05) is 25.1 Å². The summed E-state index contributed by atoms with van der Waals surface area (Å²) in [6.45, 7) is 1.96. The molecule has 0 unspecified atom stereocenters. The van der Waals surface area contributed by atoms with E-state index in [-0.39, 0.29) is 12.5 Å². The summed E-state index contributed by atoms with van der Waals surface area (Å²) >= 11 is 15.2. The standard InChI is InChI=1S/C16H14BrCl2NO2/c1-2-10-7-11(17)3-6-15(10)22-9-16(21)20-12-4-5-13(18)14(19)8-12/h3-8H,2,9H2,1H3,(H,20,21). The highest BCUT2D eigenvalue weighted by Gasteiger charge is 2.08. The van der Waals surface area contributed by atoms with Crippen molar-refractivity contribution < 1.29 is 9.53 Å². The van der Waals surface area contributed by atoms with Gasteiger partial charge in [0, 0.05) is 10.2 Å². The van der Waals surface area contributed by atoms with Crippen LogP contribution in [0.5, 0.6) is 5.75 Å². The number of anilines is 1. The van der Waals surface area contributed by atoms with Crippen LogP contribution in [0.4, 0.5) is 5.69 Å². The van der Waals surface area contributed by atoms with Gasteiger partial charge in [0.2, 0.25) is 0 Å². The first-order chi connectivity index (χ1) is 10.5. The number of ether oxygens (including phenoxy) is 1. The van der Waals surface area contributed by atoms with Crippen LogP contribution < -0.4 is 10.1 Å². The third-order valence-corrected chi connectivity index (χ3v) is 4.20. The Morgan fingerprint density at radius 2 is 1.95 bits per heavy atom. The van der Waals surface area contributed by atoms with Crippen molar-refractivity contribution in [3.63, 3.8) is 0 Å². The molecular formula is C16H14BrCl2NO2. The third-order valence-electron chi connectivity index (χ3n) is 2.97. The molecule has 0 aliphatic heterocycles. The fraction of sp³-hybridized carbons (Fsp3) is 0.188. The molecule has 0 saturated heterocycles. The number of amides is 1. The second-order valence-corrected chi connectivity index (χ2v) is 6.30. The van der Waals surface area contributed by atoms with Gasteiger partial charge in [-0.1, -0.05) is 46.1 Å². The number of carbonyl (C=O) groups is 1. The Balaban J connectivity index is 1.96. The summed E-state index contributed by atoms with van der Waals surface area (Å²) < 4.78 is 6.56. The van der Waals surface area contributed by atoms with Gasteiger partial charge in [0.25, 0.3) is 5.91 Å². The Hall–Kier alpha value is -1.23. The van der Waals surface area contributed by atoms with Gasteiger partial charge in [0.15, 0.2) is 6.61 Å². The molecule has 1 N–H and O–H groups in total. The number of halogens is 3. The summed E-state index contributed by atoms with van der Waals surface area (Å²) in [4.78, 5) is 11.9. The largest absolute Gasteiger partial charge is 0.483 e. The lowest BCUT2D eigenvalue weighted by molar-refractivity contribution is -0.118. The summed E-state index contributed by atoms with van der Waals surface area (Å²) in [6.07, 6.45) is 0.823. The zero-order valence-corrected chi connectivity index (χ0v) is 14.9. The molecule has 22 heavy (non-hydrogen) atoms. The van der Waals surface area contributed by atoms with Crippen LogP contribution in [0.1, 0.15) is 12.5 Å². The Kier molecular flexibility index (Phi) is 6.12. The molecule has 116 valence electrons. The van der Waals surface area contributed by atoms with E-state index >= 15 is 0 Å². The minimum Gasteiger partial charge on any atom is -0.483 e. The predicted molar refractivity (Wildman–Crippen MR) is 94.1 cm³/mol. The monoisotopic (exact) mass is 401 g/mol. The summed E-state index contributed by atoms with van der Waals surface area (Å²) in [7, 11) is 0. The van der Waals surface area contributed by atoms with Crippen molar-refractivity contribution in [2.75, 3.05) is 11.9 Å². The van der Waals surface area contributed by atoms with Crippen LogP contribution in [0.15, 0.2) is 40.9 Å². The lowest BCUT2D eigenvalue weighted by Gasteiger charge is -2.11. The van der Waals surface area contributed by atoms with E-state index in [1.165, 1.54) is 0 Å². The van der Waals surface area contributed by atoms with Gasteiger partial charge < -0.3 is 10.1 Å². The normalized spacial score (nSPS) is 10.4. The summed E-state index contributed by atoms with van der Waals surface area (Å²) in [5.41, 5.74) is 1.62.